The highest BCUT2D eigenvalue weighted by Crippen LogP contribution is 2.16. The van der Waals surface area contributed by atoms with Crippen LogP contribution in [-0.4, -0.2) is 38.6 Å². The van der Waals surface area contributed by atoms with Crippen molar-refractivity contribution < 1.29 is 9.90 Å². The number of nitrogens with one attached hydrogen (secondary N) is 2. The number of aliphatic hydroxyl groups is 1. The summed E-state index contributed by atoms with van der Waals surface area (Å²) in [7, 11) is 0. The Balaban J connectivity index is 2.03. The lowest BCUT2D eigenvalue weighted by Gasteiger charge is -2.22. The highest BCUT2D eigenvalue weighted by molar-refractivity contribution is 5.90. The van der Waals surface area contributed by atoms with Crippen LogP contribution in [0.25, 0.3) is 0 Å². The van der Waals surface area contributed by atoms with E-state index in [-0.39, 0.29) is 24.6 Å². The zero-order valence-corrected chi connectivity index (χ0v) is 13.4. The Morgan fingerprint density at radius 2 is 2.13 bits per heavy atom. The summed E-state index contributed by atoms with van der Waals surface area (Å²) in [5.41, 5.74) is 1.67. The summed E-state index contributed by atoms with van der Waals surface area (Å²) in [4.78, 5) is 16.1. The molecule has 0 aliphatic rings. The average Bonchev–Trinajstić information content (AvgIpc) is 3.01. The highest BCUT2D eigenvalue weighted by atomic mass is 16.3. The molecule has 2 aromatic rings. The maximum absolute atomic E-state index is 12.2. The third-order valence-corrected chi connectivity index (χ3v) is 3.63. The first kappa shape index (κ1) is 17.0. The van der Waals surface area contributed by atoms with E-state index in [2.05, 4.69) is 20.7 Å². The molecule has 1 aromatic heterocycles. The molecule has 0 spiro atoms. The molecule has 7 heteroatoms. The van der Waals surface area contributed by atoms with Crippen molar-refractivity contribution in [1.82, 2.24) is 20.1 Å². The predicted molar refractivity (Wildman–Crippen MR) is 88.0 cm³/mol. The first-order valence-electron chi connectivity index (χ1n) is 7.69. The number of rotatable bonds is 7. The Morgan fingerprint density at radius 1 is 1.35 bits per heavy atom. The number of para-hydroxylation sites is 1. The second-order valence-corrected chi connectivity index (χ2v) is 5.71. The van der Waals surface area contributed by atoms with E-state index < -0.39 is 0 Å². The largest absolute Gasteiger partial charge is 0.396 e. The topological polar surface area (TPSA) is 92.1 Å². The quantitative estimate of drug-likeness (QED) is 0.727. The smallest absolute Gasteiger partial charge is 0.319 e. The number of nitrogens with zero attached hydrogens (tertiary/aromatic N) is 3. The summed E-state index contributed by atoms with van der Waals surface area (Å²) >= 11 is 0. The molecule has 1 heterocycles. The Morgan fingerprint density at radius 3 is 2.78 bits per heavy atom. The lowest BCUT2D eigenvalue weighted by Crippen LogP contribution is -2.41. The Kier molecular flexibility index (Phi) is 6.10. The summed E-state index contributed by atoms with van der Waals surface area (Å²) in [5.74, 6) is 0.248. The molecule has 0 fully saturated rings. The minimum absolute atomic E-state index is 0.0476. The van der Waals surface area contributed by atoms with Gasteiger partial charge in [0.25, 0.3) is 0 Å². The monoisotopic (exact) mass is 317 g/mol. The van der Waals surface area contributed by atoms with Crippen molar-refractivity contribution in [2.75, 3.05) is 11.9 Å². The van der Waals surface area contributed by atoms with E-state index in [0.717, 1.165) is 11.3 Å². The third-order valence-electron chi connectivity index (χ3n) is 3.63. The maximum atomic E-state index is 12.2. The van der Waals surface area contributed by atoms with Crippen LogP contribution in [0.15, 0.2) is 36.9 Å². The number of urea groups is 1. The normalized spacial score (nSPS) is 12.2. The standard InChI is InChI=1S/C16H23N5O2/c1-12(2)14(7-8-22)19-16(23)20-15-6-4-3-5-13(15)9-21-11-17-10-18-21/h3-6,10-12,14,22H,7-9H2,1-2H3,(H2,19,20,23). The molecule has 0 aliphatic carbocycles. The Bertz CT molecular complexity index is 613. The van der Waals surface area contributed by atoms with E-state index in [9.17, 15) is 4.79 Å². The van der Waals surface area contributed by atoms with Crippen LogP contribution < -0.4 is 10.6 Å². The lowest BCUT2D eigenvalue weighted by atomic mass is 10.0. The molecule has 1 aromatic carbocycles. The summed E-state index contributed by atoms with van der Waals surface area (Å²) in [6, 6.07) is 7.23. The van der Waals surface area contributed by atoms with E-state index in [1.165, 1.54) is 6.33 Å². The summed E-state index contributed by atoms with van der Waals surface area (Å²) in [6.45, 7) is 4.60. The van der Waals surface area contributed by atoms with Crippen molar-refractivity contribution in [1.29, 1.82) is 0 Å². The average molecular weight is 317 g/mol. The van der Waals surface area contributed by atoms with Crippen LogP contribution in [0.5, 0.6) is 0 Å². The number of aliphatic hydroxyl groups excluding tert-OH is 1. The lowest BCUT2D eigenvalue weighted by molar-refractivity contribution is 0.227. The number of hydrogen-bond acceptors (Lipinski definition) is 4. The molecule has 1 unspecified atom stereocenters. The summed E-state index contributed by atoms with van der Waals surface area (Å²) < 4.78 is 1.70. The van der Waals surface area contributed by atoms with E-state index in [1.807, 2.05) is 38.1 Å². The summed E-state index contributed by atoms with van der Waals surface area (Å²) in [5, 5.41) is 18.9. The fourth-order valence-electron chi connectivity index (χ4n) is 2.31. The van der Waals surface area contributed by atoms with Gasteiger partial charge in [0.2, 0.25) is 0 Å². The van der Waals surface area contributed by atoms with E-state index in [4.69, 9.17) is 5.11 Å². The third kappa shape index (κ3) is 5.07. The number of anilines is 1. The molecule has 2 amide bonds. The van der Waals surface area contributed by atoms with E-state index in [0.29, 0.717) is 13.0 Å². The molecule has 0 radical (unpaired) electrons. The van der Waals surface area contributed by atoms with Crippen molar-refractivity contribution >= 4 is 11.7 Å². The number of benzene rings is 1. The second-order valence-electron chi connectivity index (χ2n) is 5.71. The van der Waals surface area contributed by atoms with Crippen molar-refractivity contribution in [2.24, 2.45) is 5.92 Å². The fourth-order valence-corrected chi connectivity index (χ4v) is 2.31. The van der Waals surface area contributed by atoms with Gasteiger partial charge in [-0.2, -0.15) is 5.10 Å². The first-order valence-corrected chi connectivity index (χ1v) is 7.69. The molecular formula is C16H23N5O2. The SMILES string of the molecule is CC(C)C(CCO)NC(=O)Nc1ccccc1Cn1cncn1. The van der Waals surface area contributed by atoms with Gasteiger partial charge in [0.1, 0.15) is 12.7 Å². The maximum Gasteiger partial charge on any atom is 0.319 e. The van der Waals surface area contributed by atoms with Crippen molar-refractivity contribution in [3.05, 3.63) is 42.5 Å². The van der Waals surface area contributed by atoms with Gasteiger partial charge in [-0.15, -0.1) is 0 Å². The van der Waals surface area contributed by atoms with Crippen molar-refractivity contribution in [3.8, 4) is 0 Å². The molecule has 124 valence electrons. The van der Waals surface area contributed by atoms with Gasteiger partial charge in [-0.05, 0) is 24.0 Å². The second kappa shape index (κ2) is 8.28. The van der Waals surface area contributed by atoms with Gasteiger partial charge in [0.15, 0.2) is 0 Å². The van der Waals surface area contributed by atoms with Gasteiger partial charge in [0, 0.05) is 18.3 Å². The van der Waals surface area contributed by atoms with Crippen molar-refractivity contribution in [2.45, 2.75) is 32.9 Å². The molecular weight excluding hydrogens is 294 g/mol. The van der Waals surface area contributed by atoms with Gasteiger partial charge >= 0.3 is 6.03 Å². The molecule has 23 heavy (non-hydrogen) atoms. The van der Waals surface area contributed by atoms with Gasteiger partial charge in [-0.25, -0.2) is 14.5 Å². The van der Waals surface area contributed by atoms with Crippen LogP contribution in [-0.2, 0) is 6.54 Å². The van der Waals surface area contributed by atoms with Crippen LogP contribution in [0.3, 0.4) is 0 Å². The molecule has 3 N–H and O–H groups in total. The van der Waals surface area contributed by atoms with Crippen LogP contribution >= 0.6 is 0 Å². The Labute approximate surface area is 135 Å². The molecule has 0 aliphatic heterocycles. The minimum atomic E-state index is -0.275. The zero-order valence-electron chi connectivity index (χ0n) is 13.4. The molecule has 0 bridgehead atoms. The van der Waals surface area contributed by atoms with Crippen LogP contribution in [0.4, 0.5) is 10.5 Å². The minimum Gasteiger partial charge on any atom is -0.396 e. The Hall–Kier alpha value is -2.41. The molecule has 1 atom stereocenters. The molecule has 7 nitrogen and oxygen atoms in total. The molecule has 2 rings (SSSR count). The van der Waals surface area contributed by atoms with Gasteiger partial charge < -0.3 is 15.7 Å². The van der Waals surface area contributed by atoms with E-state index >= 15 is 0 Å². The number of carbonyl (C=O) groups is 1. The summed E-state index contributed by atoms with van der Waals surface area (Å²) in [6.07, 6.45) is 3.64. The van der Waals surface area contributed by atoms with Crippen LogP contribution in [0.1, 0.15) is 25.8 Å². The van der Waals surface area contributed by atoms with Crippen LogP contribution in [0.2, 0.25) is 0 Å². The fraction of sp³-hybridized carbons (Fsp3) is 0.438. The van der Waals surface area contributed by atoms with Gasteiger partial charge in [-0.3, -0.25) is 0 Å². The molecule has 0 saturated heterocycles. The number of amides is 2. The van der Waals surface area contributed by atoms with E-state index in [1.54, 1.807) is 11.0 Å². The molecule has 0 saturated carbocycles. The van der Waals surface area contributed by atoms with Gasteiger partial charge in [0.05, 0.1) is 6.54 Å². The first-order chi connectivity index (χ1) is 11.1. The predicted octanol–water partition coefficient (Wildman–Crippen LogP) is 1.85. The van der Waals surface area contributed by atoms with Crippen LogP contribution in [0, 0.1) is 5.92 Å². The number of carbonyl (C=O) groups excluding carboxylic acids is 1. The zero-order chi connectivity index (χ0) is 16.7. The van der Waals surface area contributed by atoms with Crippen molar-refractivity contribution in [3.63, 3.8) is 0 Å². The highest BCUT2D eigenvalue weighted by Gasteiger charge is 2.16. The number of hydrogen-bond donors (Lipinski definition) is 3. The number of aromatic nitrogens is 3. The van der Waals surface area contributed by atoms with Gasteiger partial charge in [-0.1, -0.05) is 32.0 Å².